The SMILES string of the molecule is COc1cccc(CC(=O)c2ccc(Cl)cc2)c1O. The van der Waals surface area contributed by atoms with E-state index >= 15 is 0 Å². The molecule has 2 aromatic rings. The summed E-state index contributed by atoms with van der Waals surface area (Å²) in [6, 6.07) is 11.8. The van der Waals surface area contributed by atoms with Gasteiger partial charge in [-0.2, -0.15) is 0 Å². The van der Waals surface area contributed by atoms with Crippen LogP contribution in [-0.2, 0) is 6.42 Å². The van der Waals surface area contributed by atoms with Crippen LogP contribution >= 0.6 is 11.6 Å². The maximum Gasteiger partial charge on any atom is 0.167 e. The zero-order chi connectivity index (χ0) is 13.8. The van der Waals surface area contributed by atoms with Crippen molar-refractivity contribution >= 4 is 17.4 Å². The zero-order valence-electron chi connectivity index (χ0n) is 10.4. The van der Waals surface area contributed by atoms with Crippen molar-refractivity contribution in [1.29, 1.82) is 0 Å². The fourth-order valence-electron chi connectivity index (χ4n) is 1.79. The average Bonchev–Trinajstić information content (AvgIpc) is 2.42. The first-order valence-corrected chi connectivity index (χ1v) is 6.13. The van der Waals surface area contributed by atoms with Gasteiger partial charge in [0, 0.05) is 22.6 Å². The highest BCUT2D eigenvalue weighted by Gasteiger charge is 2.12. The van der Waals surface area contributed by atoms with Gasteiger partial charge in [-0.25, -0.2) is 0 Å². The number of halogens is 1. The summed E-state index contributed by atoms with van der Waals surface area (Å²) in [7, 11) is 1.47. The van der Waals surface area contributed by atoms with E-state index in [0.717, 1.165) is 0 Å². The van der Waals surface area contributed by atoms with E-state index in [-0.39, 0.29) is 18.0 Å². The molecule has 2 rings (SSSR count). The van der Waals surface area contributed by atoms with Crippen LogP contribution in [0, 0.1) is 0 Å². The molecule has 0 atom stereocenters. The number of rotatable bonds is 4. The molecule has 0 radical (unpaired) electrons. The molecule has 3 nitrogen and oxygen atoms in total. The van der Waals surface area contributed by atoms with Crippen LogP contribution in [-0.4, -0.2) is 18.0 Å². The van der Waals surface area contributed by atoms with Crippen molar-refractivity contribution in [2.75, 3.05) is 7.11 Å². The fourth-order valence-corrected chi connectivity index (χ4v) is 1.91. The van der Waals surface area contributed by atoms with Crippen molar-refractivity contribution in [2.45, 2.75) is 6.42 Å². The average molecular weight is 277 g/mol. The molecule has 0 saturated carbocycles. The van der Waals surface area contributed by atoms with Crippen LogP contribution in [0.3, 0.4) is 0 Å². The maximum absolute atomic E-state index is 12.1. The number of ether oxygens (including phenoxy) is 1. The van der Waals surface area contributed by atoms with E-state index in [0.29, 0.717) is 21.9 Å². The number of Topliss-reactive ketones (excluding diaryl/α,β-unsaturated/α-hetero) is 1. The Kier molecular flexibility index (Phi) is 4.07. The van der Waals surface area contributed by atoms with Crippen molar-refractivity contribution in [2.24, 2.45) is 0 Å². The summed E-state index contributed by atoms with van der Waals surface area (Å²) in [6.45, 7) is 0. The number of phenolic OH excluding ortho intramolecular Hbond substituents is 1. The number of benzene rings is 2. The molecule has 0 aliphatic heterocycles. The molecule has 0 aliphatic rings. The van der Waals surface area contributed by atoms with Crippen LogP contribution in [0.25, 0.3) is 0 Å². The topological polar surface area (TPSA) is 46.5 Å². The Labute approximate surface area is 116 Å². The largest absolute Gasteiger partial charge is 0.504 e. The number of methoxy groups -OCH3 is 1. The number of phenols is 1. The summed E-state index contributed by atoms with van der Waals surface area (Å²) < 4.78 is 5.01. The molecule has 0 amide bonds. The molecule has 0 fully saturated rings. The monoisotopic (exact) mass is 276 g/mol. The Morgan fingerprint density at radius 2 is 1.89 bits per heavy atom. The lowest BCUT2D eigenvalue weighted by Crippen LogP contribution is -2.03. The van der Waals surface area contributed by atoms with Gasteiger partial charge in [0.15, 0.2) is 17.3 Å². The molecule has 98 valence electrons. The number of para-hydroxylation sites is 1. The Hall–Kier alpha value is -2.00. The number of hydrogen-bond acceptors (Lipinski definition) is 3. The lowest BCUT2D eigenvalue weighted by molar-refractivity contribution is 0.0992. The summed E-state index contributed by atoms with van der Waals surface area (Å²) in [5, 5.41) is 10.5. The van der Waals surface area contributed by atoms with E-state index in [4.69, 9.17) is 16.3 Å². The smallest absolute Gasteiger partial charge is 0.167 e. The van der Waals surface area contributed by atoms with Crippen LogP contribution in [0.4, 0.5) is 0 Å². The van der Waals surface area contributed by atoms with Gasteiger partial charge < -0.3 is 9.84 Å². The molecule has 0 heterocycles. The van der Waals surface area contributed by atoms with E-state index in [1.165, 1.54) is 7.11 Å². The van der Waals surface area contributed by atoms with Gasteiger partial charge in [-0.05, 0) is 30.3 Å². The van der Waals surface area contributed by atoms with E-state index in [9.17, 15) is 9.90 Å². The van der Waals surface area contributed by atoms with E-state index in [1.807, 2.05) is 0 Å². The van der Waals surface area contributed by atoms with Crippen LogP contribution in [0.15, 0.2) is 42.5 Å². The van der Waals surface area contributed by atoms with Gasteiger partial charge in [-0.1, -0.05) is 23.7 Å². The van der Waals surface area contributed by atoms with Gasteiger partial charge in [-0.3, -0.25) is 4.79 Å². The molecular formula is C15H13ClO3. The molecule has 0 spiro atoms. The lowest BCUT2D eigenvalue weighted by atomic mass is 10.0. The standard InChI is InChI=1S/C15H13ClO3/c1-19-14-4-2-3-11(15(14)18)9-13(17)10-5-7-12(16)8-6-10/h2-8,18H,9H2,1H3. The third kappa shape index (κ3) is 3.06. The molecular weight excluding hydrogens is 264 g/mol. The zero-order valence-corrected chi connectivity index (χ0v) is 11.1. The van der Waals surface area contributed by atoms with Crippen LogP contribution in [0.2, 0.25) is 5.02 Å². The number of carbonyl (C=O) groups is 1. The second-order valence-electron chi connectivity index (χ2n) is 4.07. The van der Waals surface area contributed by atoms with Crippen molar-refractivity contribution in [3.63, 3.8) is 0 Å². The first kappa shape index (κ1) is 13.4. The molecule has 0 aliphatic carbocycles. The van der Waals surface area contributed by atoms with Crippen molar-refractivity contribution < 1.29 is 14.6 Å². The molecule has 0 bridgehead atoms. The van der Waals surface area contributed by atoms with Crippen molar-refractivity contribution in [3.8, 4) is 11.5 Å². The number of hydrogen-bond donors (Lipinski definition) is 1. The highest BCUT2D eigenvalue weighted by molar-refractivity contribution is 6.30. The Morgan fingerprint density at radius 1 is 1.21 bits per heavy atom. The van der Waals surface area contributed by atoms with Crippen LogP contribution < -0.4 is 4.74 Å². The highest BCUT2D eigenvalue weighted by Crippen LogP contribution is 2.30. The van der Waals surface area contributed by atoms with Crippen molar-refractivity contribution in [1.82, 2.24) is 0 Å². The Balaban J connectivity index is 2.21. The van der Waals surface area contributed by atoms with Crippen LogP contribution in [0.1, 0.15) is 15.9 Å². The number of aromatic hydroxyl groups is 1. The van der Waals surface area contributed by atoms with Gasteiger partial charge in [0.25, 0.3) is 0 Å². The minimum atomic E-state index is -0.0831. The summed E-state index contributed by atoms with van der Waals surface area (Å²) in [5.41, 5.74) is 1.10. The van der Waals surface area contributed by atoms with Gasteiger partial charge in [0.1, 0.15) is 0 Å². The highest BCUT2D eigenvalue weighted by atomic mass is 35.5. The summed E-state index contributed by atoms with van der Waals surface area (Å²) in [5.74, 6) is 0.286. The van der Waals surface area contributed by atoms with E-state index < -0.39 is 0 Å². The molecule has 0 aromatic heterocycles. The second-order valence-corrected chi connectivity index (χ2v) is 4.51. The quantitative estimate of drug-likeness (QED) is 0.870. The summed E-state index contributed by atoms with van der Waals surface area (Å²) >= 11 is 5.77. The molecule has 1 N–H and O–H groups in total. The first-order chi connectivity index (χ1) is 9.11. The Morgan fingerprint density at radius 3 is 2.53 bits per heavy atom. The third-order valence-electron chi connectivity index (χ3n) is 2.82. The van der Waals surface area contributed by atoms with Gasteiger partial charge in [0.2, 0.25) is 0 Å². The van der Waals surface area contributed by atoms with Gasteiger partial charge in [-0.15, -0.1) is 0 Å². The van der Waals surface area contributed by atoms with Gasteiger partial charge in [0.05, 0.1) is 7.11 Å². The maximum atomic E-state index is 12.1. The Bertz CT molecular complexity index is 591. The number of ketones is 1. The molecule has 2 aromatic carbocycles. The second kappa shape index (κ2) is 5.76. The van der Waals surface area contributed by atoms with Gasteiger partial charge >= 0.3 is 0 Å². The minimum Gasteiger partial charge on any atom is -0.504 e. The predicted octanol–water partition coefficient (Wildman–Crippen LogP) is 3.48. The summed E-state index contributed by atoms with van der Waals surface area (Å²) in [4.78, 5) is 12.1. The van der Waals surface area contributed by atoms with E-state index in [2.05, 4.69) is 0 Å². The summed E-state index contributed by atoms with van der Waals surface area (Å²) in [6.07, 6.45) is 0.116. The first-order valence-electron chi connectivity index (χ1n) is 5.75. The predicted molar refractivity (Wildman–Crippen MR) is 74.1 cm³/mol. The third-order valence-corrected chi connectivity index (χ3v) is 3.07. The lowest BCUT2D eigenvalue weighted by Gasteiger charge is -2.08. The van der Waals surface area contributed by atoms with Crippen LogP contribution in [0.5, 0.6) is 11.5 Å². The molecule has 19 heavy (non-hydrogen) atoms. The minimum absolute atomic E-state index is 0.00677. The van der Waals surface area contributed by atoms with E-state index in [1.54, 1.807) is 42.5 Å². The fraction of sp³-hybridized carbons (Fsp3) is 0.133. The van der Waals surface area contributed by atoms with Crippen molar-refractivity contribution in [3.05, 3.63) is 58.6 Å². The number of carbonyl (C=O) groups excluding carboxylic acids is 1. The molecule has 0 saturated heterocycles. The molecule has 4 heteroatoms. The normalized spacial score (nSPS) is 10.2. The molecule has 0 unspecified atom stereocenters.